The highest BCUT2D eigenvalue weighted by Crippen LogP contribution is 2.11. The van der Waals surface area contributed by atoms with E-state index in [1.807, 2.05) is 6.92 Å². The molecule has 0 fully saturated rings. The number of hydrogen-bond acceptors (Lipinski definition) is 5. The summed E-state index contributed by atoms with van der Waals surface area (Å²) in [5.74, 6) is 1.92. The van der Waals surface area contributed by atoms with Crippen molar-refractivity contribution in [3.63, 3.8) is 0 Å². The normalized spacial score (nSPS) is 12.5. The molecule has 0 aliphatic carbocycles. The molecule has 0 aromatic carbocycles. The number of sulfonamides is 1. The molecule has 0 aliphatic heterocycles. The molecule has 0 atom stereocenters. The number of imidazole rings is 1. The van der Waals surface area contributed by atoms with Crippen LogP contribution in [-0.4, -0.2) is 49.9 Å². The van der Waals surface area contributed by atoms with Crippen molar-refractivity contribution >= 4 is 27.7 Å². The van der Waals surface area contributed by atoms with Crippen molar-refractivity contribution in [3.8, 4) is 0 Å². The van der Waals surface area contributed by atoms with E-state index in [-0.39, 0.29) is 5.96 Å². The Morgan fingerprint density at radius 1 is 1.58 bits per heavy atom. The van der Waals surface area contributed by atoms with Gasteiger partial charge >= 0.3 is 0 Å². The van der Waals surface area contributed by atoms with Gasteiger partial charge in [-0.25, -0.2) is 13.4 Å². The molecule has 108 valence electrons. The molecule has 3 N–H and O–H groups in total. The Morgan fingerprint density at radius 3 is 2.84 bits per heavy atom. The molecule has 1 aromatic rings. The van der Waals surface area contributed by atoms with Gasteiger partial charge in [0.05, 0.1) is 18.3 Å². The zero-order valence-corrected chi connectivity index (χ0v) is 12.9. The summed E-state index contributed by atoms with van der Waals surface area (Å²) < 4.78 is 24.4. The Bertz CT molecular complexity index is 524. The van der Waals surface area contributed by atoms with E-state index in [0.29, 0.717) is 6.54 Å². The molecule has 0 bridgehead atoms. The van der Waals surface area contributed by atoms with Crippen LogP contribution in [0.25, 0.3) is 0 Å². The van der Waals surface area contributed by atoms with Crippen molar-refractivity contribution in [3.05, 3.63) is 17.7 Å². The first kappa shape index (κ1) is 15.8. The second kappa shape index (κ2) is 7.39. The number of aromatic nitrogens is 2. The minimum Gasteiger partial charge on any atom is -0.355 e. The van der Waals surface area contributed by atoms with Gasteiger partial charge in [-0.05, 0) is 6.92 Å². The Balaban J connectivity index is 2.22. The predicted octanol–water partition coefficient (Wildman–Crippen LogP) is 0.0759. The first-order valence-corrected chi connectivity index (χ1v) is 8.72. The number of nitrogens with zero attached hydrogens (tertiary/aromatic N) is 2. The second-order valence-electron chi connectivity index (χ2n) is 3.90. The van der Waals surface area contributed by atoms with E-state index in [1.165, 1.54) is 7.05 Å². The number of hydrogen-bond donors (Lipinski definition) is 3. The molecule has 0 aliphatic rings. The lowest BCUT2D eigenvalue weighted by Crippen LogP contribution is -2.41. The average molecular weight is 305 g/mol. The Labute approximate surface area is 117 Å². The molecule has 7 nitrogen and oxygen atoms in total. The molecule has 1 aromatic heterocycles. The fourth-order valence-corrected chi connectivity index (χ4v) is 2.67. The Morgan fingerprint density at radius 2 is 2.32 bits per heavy atom. The van der Waals surface area contributed by atoms with Crippen LogP contribution in [0.4, 0.5) is 0 Å². The van der Waals surface area contributed by atoms with Gasteiger partial charge in [0, 0.05) is 30.8 Å². The van der Waals surface area contributed by atoms with Crippen molar-refractivity contribution < 1.29 is 8.42 Å². The maximum Gasteiger partial charge on any atom is 0.232 e. The van der Waals surface area contributed by atoms with E-state index >= 15 is 0 Å². The maximum atomic E-state index is 11.0. The summed E-state index contributed by atoms with van der Waals surface area (Å²) in [6.07, 6.45) is 2.77. The van der Waals surface area contributed by atoms with Crippen LogP contribution >= 0.6 is 11.8 Å². The number of rotatable bonds is 6. The summed E-state index contributed by atoms with van der Waals surface area (Å²) in [5.41, 5.74) is 2.12. The molecule has 19 heavy (non-hydrogen) atoms. The highest BCUT2D eigenvalue weighted by atomic mass is 32.2. The third-order valence-electron chi connectivity index (χ3n) is 2.22. The fraction of sp³-hybridized carbons (Fsp3) is 0.600. The van der Waals surface area contributed by atoms with Crippen LogP contribution < -0.4 is 10.0 Å². The summed E-state index contributed by atoms with van der Waals surface area (Å²) in [5, 5.41) is 2.93. The highest BCUT2D eigenvalue weighted by Gasteiger charge is 2.05. The summed E-state index contributed by atoms with van der Waals surface area (Å²) in [6.45, 7) is 2.61. The van der Waals surface area contributed by atoms with Crippen LogP contribution in [0.15, 0.2) is 11.3 Å². The van der Waals surface area contributed by atoms with Crippen LogP contribution in [0.2, 0.25) is 0 Å². The van der Waals surface area contributed by atoms with Gasteiger partial charge in [0.1, 0.15) is 0 Å². The predicted molar refractivity (Wildman–Crippen MR) is 78.8 cm³/mol. The zero-order chi connectivity index (χ0) is 14.3. The van der Waals surface area contributed by atoms with Crippen molar-refractivity contribution in [1.82, 2.24) is 20.0 Å². The number of guanidine groups is 1. The molecule has 9 heteroatoms. The molecular formula is C10H19N5O2S2. The lowest BCUT2D eigenvalue weighted by atomic mass is 10.4. The van der Waals surface area contributed by atoms with Gasteiger partial charge in [-0.3, -0.25) is 9.71 Å². The van der Waals surface area contributed by atoms with Crippen molar-refractivity contribution in [2.45, 2.75) is 12.7 Å². The van der Waals surface area contributed by atoms with Crippen LogP contribution in [0.1, 0.15) is 11.4 Å². The lowest BCUT2D eigenvalue weighted by molar-refractivity contribution is 0.597. The van der Waals surface area contributed by atoms with Gasteiger partial charge in [-0.15, -0.1) is 0 Å². The van der Waals surface area contributed by atoms with E-state index in [2.05, 4.69) is 25.0 Å². The number of nitrogens with one attached hydrogen (secondary N) is 3. The molecular weight excluding hydrogens is 286 g/mol. The second-order valence-corrected chi connectivity index (χ2v) is 6.75. The van der Waals surface area contributed by atoms with Crippen LogP contribution in [0, 0.1) is 6.92 Å². The minimum absolute atomic E-state index is 0.263. The lowest BCUT2D eigenvalue weighted by Gasteiger charge is -2.09. The first-order valence-electron chi connectivity index (χ1n) is 5.67. The molecule has 0 amide bonds. The van der Waals surface area contributed by atoms with E-state index < -0.39 is 10.0 Å². The summed E-state index contributed by atoms with van der Waals surface area (Å²) in [4.78, 5) is 11.1. The van der Waals surface area contributed by atoms with Gasteiger partial charge in [0.15, 0.2) is 0 Å². The molecule has 0 saturated carbocycles. The molecule has 0 radical (unpaired) electrons. The molecule has 1 heterocycles. The summed E-state index contributed by atoms with van der Waals surface area (Å²) in [6, 6.07) is 0. The minimum atomic E-state index is -3.28. The molecule has 0 spiro atoms. The van der Waals surface area contributed by atoms with E-state index in [1.54, 1.807) is 18.1 Å². The van der Waals surface area contributed by atoms with Gasteiger partial charge < -0.3 is 10.3 Å². The number of aromatic amines is 1. The van der Waals surface area contributed by atoms with E-state index in [9.17, 15) is 8.42 Å². The monoisotopic (exact) mass is 305 g/mol. The molecule has 0 saturated heterocycles. The van der Waals surface area contributed by atoms with Crippen molar-refractivity contribution in [1.29, 1.82) is 0 Å². The van der Waals surface area contributed by atoms with Gasteiger partial charge in [-0.1, -0.05) is 0 Å². The Hall–Kier alpha value is -1.22. The van der Waals surface area contributed by atoms with Crippen LogP contribution in [0.3, 0.4) is 0 Å². The zero-order valence-electron chi connectivity index (χ0n) is 11.2. The summed E-state index contributed by atoms with van der Waals surface area (Å²) in [7, 11) is -1.75. The van der Waals surface area contributed by atoms with Gasteiger partial charge in [0.2, 0.25) is 16.0 Å². The number of H-pyrrole nitrogens is 1. The Kier molecular flexibility index (Phi) is 6.16. The van der Waals surface area contributed by atoms with E-state index in [4.69, 9.17) is 0 Å². The van der Waals surface area contributed by atoms with Crippen molar-refractivity contribution in [2.75, 3.05) is 25.6 Å². The third kappa shape index (κ3) is 6.48. The first-order chi connectivity index (χ1) is 8.92. The van der Waals surface area contributed by atoms with Gasteiger partial charge in [-0.2, -0.15) is 11.8 Å². The van der Waals surface area contributed by atoms with Crippen LogP contribution in [0.5, 0.6) is 0 Å². The van der Waals surface area contributed by atoms with Crippen molar-refractivity contribution in [2.24, 2.45) is 4.99 Å². The average Bonchev–Trinajstić information content (AvgIpc) is 2.71. The number of aryl methyl sites for hydroxylation is 1. The number of aliphatic imine (C=N–C) groups is 1. The maximum absolute atomic E-state index is 11.0. The van der Waals surface area contributed by atoms with E-state index in [0.717, 1.165) is 29.1 Å². The standard InChI is InChI=1S/C10H19N5O2S2/c1-8-9(14-7-13-8)6-18-5-4-12-10(11-2)15-19(3,16)17/h7H,4-6H2,1-3H3,(H,13,14)(H2,11,12,15). The quantitative estimate of drug-likeness (QED) is 0.392. The molecule has 1 rings (SSSR count). The SMILES string of the molecule is CN=C(NCCSCc1nc[nH]c1C)NS(C)(=O)=O. The fourth-order valence-electron chi connectivity index (χ4n) is 1.28. The summed E-state index contributed by atoms with van der Waals surface area (Å²) >= 11 is 1.72. The smallest absolute Gasteiger partial charge is 0.232 e. The molecule has 0 unspecified atom stereocenters. The third-order valence-corrected chi connectivity index (χ3v) is 3.75. The van der Waals surface area contributed by atoms with Gasteiger partial charge in [0.25, 0.3) is 0 Å². The van der Waals surface area contributed by atoms with Crippen LogP contribution in [-0.2, 0) is 15.8 Å². The highest BCUT2D eigenvalue weighted by molar-refractivity contribution is 7.98. The topological polar surface area (TPSA) is 99.2 Å². The largest absolute Gasteiger partial charge is 0.355 e. The number of thioether (sulfide) groups is 1.